The van der Waals surface area contributed by atoms with Gasteiger partial charge in [-0.05, 0) is 48.1 Å². The molecule has 9 heteroatoms. The molecule has 1 amide bonds. The van der Waals surface area contributed by atoms with Crippen molar-refractivity contribution in [2.24, 2.45) is 0 Å². The lowest BCUT2D eigenvalue weighted by Crippen LogP contribution is -2.44. The van der Waals surface area contributed by atoms with Gasteiger partial charge in [0.2, 0.25) is 9.84 Å². The van der Waals surface area contributed by atoms with Crippen LogP contribution in [-0.4, -0.2) is 43.6 Å². The van der Waals surface area contributed by atoms with Gasteiger partial charge in [0.1, 0.15) is 18.5 Å². The zero-order valence-corrected chi connectivity index (χ0v) is 22.1. The highest BCUT2D eigenvalue weighted by Gasteiger charge is 2.28. The molecule has 0 radical (unpaired) electrons. The minimum absolute atomic E-state index is 0.0493. The van der Waals surface area contributed by atoms with Gasteiger partial charge in [0.15, 0.2) is 5.04 Å². The Kier molecular flexibility index (Phi) is 7.51. The zero-order valence-electron chi connectivity index (χ0n) is 21.2. The summed E-state index contributed by atoms with van der Waals surface area (Å²) in [6, 6.07) is 26.2. The van der Waals surface area contributed by atoms with E-state index in [1.165, 1.54) is 18.2 Å². The summed E-state index contributed by atoms with van der Waals surface area (Å²) in [5, 5.41) is 9.32. The molecule has 1 unspecified atom stereocenters. The van der Waals surface area contributed by atoms with Crippen LogP contribution in [0, 0.1) is 5.41 Å². The number of nitrogens with two attached hydrogens (primary N) is 1. The van der Waals surface area contributed by atoms with Crippen LogP contribution in [0.4, 0.5) is 10.5 Å². The maximum Gasteiger partial charge on any atom is 0.410 e. The van der Waals surface area contributed by atoms with E-state index in [1.807, 2.05) is 48.5 Å². The number of hydrogen-bond acceptors (Lipinski definition) is 7. The number of anilines is 1. The number of carbonyl (C=O) groups excluding carboxylic acids is 1. The molecule has 0 saturated carbocycles. The number of nitrogen functional groups attached to an aromatic ring is 1. The summed E-state index contributed by atoms with van der Waals surface area (Å²) in [7, 11) is -4.16. The standard InChI is InChI=1S/C30H29N3O5S/c31-27-16-15-23(38-24-12-7-17-33(19-24)30(34)37-20-21-8-2-1-3-9-21)18-26(27)29(32)39(35,36)28-14-6-11-22-10-4-5-13-25(22)28/h1-6,8-11,13-16,18,24,32H,7,12,17,19-20,31H2. The first-order valence-electron chi connectivity index (χ1n) is 12.7. The summed E-state index contributed by atoms with van der Waals surface area (Å²) < 4.78 is 38.6. The lowest BCUT2D eigenvalue weighted by Gasteiger charge is -2.32. The van der Waals surface area contributed by atoms with Crippen LogP contribution in [0.1, 0.15) is 24.0 Å². The van der Waals surface area contributed by atoms with Crippen LogP contribution in [-0.2, 0) is 21.2 Å². The Bertz CT molecular complexity index is 1620. The molecule has 1 heterocycles. The second-order valence-corrected chi connectivity index (χ2v) is 11.3. The highest BCUT2D eigenvalue weighted by molar-refractivity contribution is 8.07. The van der Waals surface area contributed by atoms with Gasteiger partial charge in [0.05, 0.1) is 11.4 Å². The van der Waals surface area contributed by atoms with Gasteiger partial charge in [0.25, 0.3) is 0 Å². The van der Waals surface area contributed by atoms with E-state index < -0.39 is 21.0 Å². The molecular weight excluding hydrogens is 514 g/mol. The lowest BCUT2D eigenvalue weighted by atomic mass is 10.1. The fourth-order valence-corrected chi connectivity index (χ4v) is 6.11. The summed E-state index contributed by atoms with van der Waals surface area (Å²) >= 11 is 0. The van der Waals surface area contributed by atoms with Gasteiger partial charge in [-0.3, -0.25) is 5.41 Å². The van der Waals surface area contributed by atoms with Crippen molar-refractivity contribution < 1.29 is 22.7 Å². The number of likely N-dealkylation sites (tertiary alicyclic amines) is 1. The van der Waals surface area contributed by atoms with Crippen LogP contribution < -0.4 is 10.5 Å². The number of hydrogen-bond donors (Lipinski definition) is 2. The predicted octanol–water partition coefficient (Wildman–Crippen LogP) is 5.40. The summed E-state index contributed by atoms with van der Waals surface area (Å²) in [6.07, 6.45) is 0.725. The number of rotatable bonds is 6. The van der Waals surface area contributed by atoms with E-state index in [2.05, 4.69) is 0 Å². The number of ether oxygens (including phenoxy) is 2. The Morgan fingerprint density at radius 1 is 0.974 bits per heavy atom. The summed E-state index contributed by atoms with van der Waals surface area (Å²) in [5.74, 6) is 0.376. The average molecular weight is 544 g/mol. The van der Waals surface area contributed by atoms with Crippen molar-refractivity contribution in [3.8, 4) is 5.75 Å². The van der Waals surface area contributed by atoms with E-state index in [1.54, 1.807) is 29.2 Å². The second-order valence-electron chi connectivity index (χ2n) is 9.43. The second kappa shape index (κ2) is 11.2. The number of sulfone groups is 1. The molecule has 5 rings (SSSR count). The number of carbonyl (C=O) groups is 1. The monoisotopic (exact) mass is 543 g/mol. The van der Waals surface area contributed by atoms with E-state index in [-0.39, 0.29) is 28.9 Å². The largest absolute Gasteiger partial charge is 0.489 e. The molecule has 0 aliphatic carbocycles. The molecule has 1 aliphatic rings. The Morgan fingerprint density at radius 2 is 1.72 bits per heavy atom. The van der Waals surface area contributed by atoms with Crippen molar-refractivity contribution >= 4 is 37.4 Å². The topological polar surface area (TPSA) is 123 Å². The molecule has 0 aromatic heterocycles. The normalized spacial score (nSPS) is 15.6. The molecule has 0 spiro atoms. The molecule has 4 aromatic rings. The van der Waals surface area contributed by atoms with Gasteiger partial charge in [-0.15, -0.1) is 0 Å². The smallest absolute Gasteiger partial charge is 0.410 e. The van der Waals surface area contributed by atoms with Crippen LogP contribution in [0.15, 0.2) is 95.9 Å². The number of nitrogens with zero attached hydrogens (tertiary/aromatic N) is 1. The maximum atomic E-state index is 13.5. The van der Waals surface area contributed by atoms with E-state index in [4.69, 9.17) is 20.6 Å². The molecule has 4 aromatic carbocycles. The van der Waals surface area contributed by atoms with Crippen molar-refractivity contribution in [1.29, 1.82) is 5.41 Å². The third-order valence-electron chi connectivity index (χ3n) is 6.72. The van der Waals surface area contributed by atoms with E-state index >= 15 is 0 Å². The van der Waals surface area contributed by atoms with Gasteiger partial charge in [-0.25, -0.2) is 13.2 Å². The Morgan fingerprint density at radius 3 is 2.54 bits per heavy atom. The first-order chi connectivity index (χ1) is 18.8. The molecule has 1 aliphatic heterocycles. The molecule has 39 heavy (non-hydrogen) atoms. The molecular formula is C30H29N3O5S. The van der Waals surface area contributed by atoms with Gasteiger partial charge in [0, 0.05) is 23.2 Å². The average Bonchev–Trinajstić information content (AvgIpc) is 2.97. The minimum atomic E-state index is -4.16. The summed E-state index contributed by atoms with van der Waals surface area (Å²) in [4.78, 5) is 14.3. The van der Waals surface area contributed by atoms with Gasteiger partial charge >= 0.3 is 6.09 Å². The van der Waals surface area contributed by atoms with Crippen LogP contribution in [0.25, 0.3) is 10.8 Å². The van der Waals surface area contributed by atoms with Crippen LogP contribution in [0.5, 0.6) is 5.75 Å². The van der Waals surface area contributed by atoms with Gasteiger partial charge < -0.3 is 20.1 Å². The quantitative estimate of drug-likeness (QED) is 0.191. The summed E-state index contributed by atoms with van der Waals surface area (Å²) in [5.41, 5.74) is 7.26. The Hall–Kier alpha value is -4.37. The fourth-order valence-electron chi connectivity index (χ4n) is 4.69. The Balaban J connectivity index is 1.30. The minimum Gasteiger partial charge on any atom is -0.489 e. The Labute approximate surface area is 227 Å². The summed E-state index contributed by atoms with van der Waals surface area (Å²) in [6.45, 7) is 1.09. The molecule has 3 N–H and O–H groups in total. The number of piperidine rings is 1. The van der Waals surface area contributed by atoms with E-state index in [0.717, 1.165) is 17.4 Å². The highest BCUT2D eigenvalue weighted by atomic mass is 32.2. The first kappa shape index (κ1) is 26.2. The van der Waals surface area contributed by atoms with Gasteiger partial charge in [-0.2, -0.15) is 0 Å². The fraction of sp³-hybridized carbons (Fsp3) is 0.200. The third-order valence-corrected chi connectivity index (χ3v) is 8.41. The van der Waals surface area contributed by atoms with E-state index in [9.17, 15) is 13.2 Å². The SMILES string of the molecule is N=C(c1cc(OC2CCCN(C(=O)OCc3ccccc3)C2)ccc1N)S(=O)(=O)c1cccc2ccccc12. The first-order valence-corrected chi connectivity index (χ1v) is 14.1. The van der Waals surface area contributed by atoms with Crippen molar-refractivity contribution in [3.63, 3.8) is 0 Å². The maximum absolute atomic E-state index is 13.5. The van der Waals surface area contributed by atoms with Gasteiger partial charge in [-0.1, -0.05) is 66.7 Å². The van der Waals surface area contributed by atoms with Crippen molar-refractivity contribution in [2.45, 2.75) is 30.4 Å². The van der Waals surface area contributed by atoms with Crippen molar-refractivity contribution in [3.05, 3.63) is 102 Å². The van der Waals surface area contributed by atoms with Crippen LogP contribution in [0.3, 0.4) is 0 Å². The number of benzene rings is 4. The van der Waals surface area contributed by atoms with Crippen LogP contribution >= 0.6 is 0 Å². The predicted molar refractivity (Wildman–Crippen MR) is 151 cm³/mol. The number of amides is 1. The molecule has 1 atom stereocenters. The lowest BCUT2D eigenvalue weighted by molar-refractivity contribution is 0.0552. The van der Waals surface area contributed by atoms with Crippen molar-refractivity contribution in [1.82, 2.24) is 4.90 Å². The van der Waals surface area contributed by atoms with Crippen LogP contribution in [0.2, 0.25) is 0 Å². The van der Waals surface area contributed by atoms with Crippen molar-refractivity contribution in [2.75, 3.05) is 18.8 Å². The molecule has 8 nitrogen and oxygen atoms in total. The molecule has 0 bridgehead atoms. The highest BCUT2D eigenvalue weighted by Crippen LogP contribution is 2.30. The molecule has 200 valence electrons. The molecule has 1 fully saturated rings. The molecule has 1 saturated heterocycles. The third kappa shape index (κ3) is 5.73. The zero-order chi connectivity index (χ0) is 27.4. The van der Waals surface area contributed by atoms with E-state index in [0.29, 0.717) is 30.6 Å². The number of fused-ring (bicyclic) bond motifs is 1. The number of nitrogens with one attached hydrogen (secondary N) is 1.